The zero-order chi connectivity index (χ0) is 25.6. The summed E-state index contributed by atoms with van der Waals surface area (Å²) in [5.41, 5.74) is -0.783. The van der Waals surface area contributed by atoms with E-state index in [9.17, 15) is 14.4 Å². The van der Waals surface area contributed by atoms with Gasteiger partial charge in [0, 0.05) is 23.7 Å². The molecular formula is C26H40O7Si. The number of rotatable bonds is 4. The van der Waals surface area contributed by atoms with Crippen LogP contribution in [0, 0.1) is 29.1 Å². The summed E-state index contributed by atoms with van der Waals surface area (Å²) in [6, 6.07) is 0. The van der Waals surface area contributed by atoms with Crippen LogP contribution in [0.4, 0.5) is 0 Å². The molecule has 1 saturated heterocycles. The van der Waals surface area contributed by atoms with Gasteiger partial charge in [-0.2, -0.15) is 0 Å². The maximum Gasteiger partial charge on any atom is 0.320 e. The lowest BCUT2D eigenvalue weighted by Gasteiger charge is -2.48. The second-order valence-electron chi connectivity index (χ2n) is 12.5. The van der Waals surface area contributed by atoms with Gasteiger partial charge >= 0.3 is 5.97 Å². The Kier molecular flexibility index (Phi) is 5.92. The largest absolute Gasteiger partial charge is 0.465 e. The van der Waals surface area contributed by atoms with Gasteiger partial charge in [0.1, 0.15) is 17.6 Å². The van der Waals surface area contributed by atoms with Crippen molar-refractivity contribution in [3.63, 3.8) is 0 Å². The van der Waals surface area contributed by atoms with Crippen LogP contribution in [-0.4, -0.2) is 56.6 Å². The van der Waals surface area contributed by atoms with E-state index in [4.69, 9.17) is 18.6 Å². The molecule has 4 fully saturated rings. The topological polar surface area (TPSA) is 88.1 Å². The zero-order valence-electron chi connectivity index (χ0n) is 22.0. The standard InChI is InChI=1S/C26H40O7Si/c1-11-30-23(29)26-12-13(2)15-16(18(27)21-20(15)31-25(7,8)32-21)17(26)19(14(3)22(26)28)33-34(9,10)24(4,5)6/h14-17,19-21H,2,11-12H2,1,3-10H3/t14-,15-,16+,17+,19-,20+,21-,26?/m1/s1. The second kappa shape index (κ2) is 7.82. The van der Waals surface area contributed by atoms with Crippen LogP contribution in [0.15, 0.2) is 12.2 Å². The predicted molar refractivity (Wildman–Crippen MR) is 128 cm³/mol. The van der Waals surface area contributed by atoms with E-state index in [1.165, 1.54) is 0 Å². The van der Waals surface area contributed by atoms with Crippen molar-refractivity contribution in [3.8, 4) is 0 Å². The average Bonchev–Trinajstić information content (AvgIpc) is 3.22. The van der Waals surface area contributed by atoms with E-state index in [1.54, 1.807) is 20.8 Å². The first kappa shape index (κ1) is 25.7. The number of carbonyl (C=O) groups is 3. The summed E-state index contributed by atoms with van der Waals surface area (Å²) in [7, 11) is -2.34. The van der Waals surface area contributed by atoms with Crippen molar-refractivity contribution in [1.29, 1.82) is 0 Å². The van der Waals surface area contributed by atoms with Gasteiger partial charge < -0.3 is 18.6 Å². The Bertz CT molecular complexity index is 932. The molecule has 8 heteroatoms. The minimum Gasteiger partial charge on any atom is -0.465 e. The molecule has 190 valence electrons. The molecule has 3 saturated carbocycles. The number of Topliss-reactive ketones (excluding diaryl/α,β-unsaturated/α-hetero) is 2. The Morgan fingerprint density at radius 1 is 1.18 bits per heavy atom. The number of carbonyl (C=O) groups excluding carboxylic acids is 3. The minimum atomic E-state index is -2.34. The van der Waals surface area contributed by atoms with Crippen molar-refractivity contribution >= 4 is 25.9 Å². The summed E-state index contributed by atoms with van der Waals surface area (Å²) in [6.45, 7) is 22.3. The molecule has 4 aliphatic rings. The van der Waals surface area contributed by atoms with Crippen LogP contribution in [-0.2, 0) is 33.0 Å². The lowest BCUT2D eigenvalue weighted by molar-refractivity contribution is -0.179. The third-order valence-corrected chi connectivity index (χ3v) is 13.5. The van der Waals surface area contributed by atoms with Crippen LogP contribution in [0.25, 0.3) is 0 Å². The van der Waals surface area contributed by atoms with Gasteiger partial charge in [0.15, 0.2) is 25.7 Å². The molecule has 0 radical (unpaired) electrons. The third kappa shape index (κ3) is 3.43. The SMILES string of the molecule is C=C1CC2(C(=O)OCC)C(=O)[C@H](C)[C@@H](O[Si](C)(C)C(C)(C)C)[C@@H]2[C@H]2C(=O)[C@H]3OC(C)(C)O[C@H]3[C@H]12. The first-order chi connectivity index (χ1) is 15.5. The Morgan fingerprint density at radius 2 is 1.79 bits per heavy atom. The number of hydrogen-bond acceptors (Lipinski definition) is 7. The highest BCUT2D eigenvalue weighted by Gasteiger charge is 2.75. The first-order valence-corrected chi connectivity index (χ1v) is 15.4. The molecule has 0 spiro atoms. The molecule has 0 N–H and O–H groups in total. The van der Waals surface area contributed by atoms with Crippen LogP contribution < -0.4 is 0 Å². The van der Waals surface area contributed by atoms with Gasteiger partial charge in [-0.3, -0.25) is 14.4 Å². The monoisotopic (exact) mass is 492 g/mol. The van der Waals surface area contributed by atoms with Crippen LogP contribution in [0.1, 0.15) is 54.9 Å². The molecule has 8 atom stereocenters. The second-order valence-corrected chi connectivity index (χ2v) is 17.3. The predicted octanol–water partition coefficient (Wildman–Crippen LogP) is 4.06. The highest BCUT2D eigenvalue weighted by atomic mass is 28.4. The molecule has 34 heavy (non-hydrogen) atoms. The van der Waals surface area contributed by atoms with Gasteiger partial charge in [-0.05, 0) is 45.3 Å². The van der Waals surface area contributed by atoms with Crippen molar-refractivity contribution in [2.24, 2.45) is 29.1 Å². The molecule has 0 amide bonds. The molecule has 4 rings (SSSR count). The smallest absolute Gasteiger partial charge is 0.320 e. The van der Waals surface area contributed by atoms with Gasteiger partial charge in [0.25, 0.3) is 0 Å². The van der Waals surface area contributed by atoms with Gasteiger partial charge in [0.05, 0.1) is 12.7 Å². The van der Waals surface area contributed by atoms with Crippen molar-refractivity contribution in [2.75, 3.05) is 6.61 Å². The molecular weight excluding hydrogens is 452 g/mol. The Labute approximate surface area is 204 Å². The van der Waals surface area contributed by atoms with E-state index in [0.29, 0.717) is 5.57 Å². The minimum absolute atomic E-state index is 0.102. The van der Waals surface area contributed by atoms with E-state index in [1.807, 2.05) is 6.92 Å². The summed E-state index contributed by atoms with van der Waals surface area (Å²) in [4.78, 5) is 41.4. The number of hydrogen-bond donors (Lipinski definition) is 0. The third-order valence-electron chi connectivity index (χ3n) is 8.99. The summed E-state index contributed by atoms with van der Waals surface area (Å²) in [5.74, 6) is -3.90. The normalized spacial score (nSPS) is 41.3. The number of fused-ring (bicyclic) bond motifs is 5. The average molecular weight is 493 g/mol. The molecule has 0 aromatic heterocycles. The lowest BCUT2D eigenvalue weighted by Crippen LogP contribution is -2.55. The van der Waals surface area contributed by atoms with E-state index in [2.05, 4.69) is 40.4 Å². The molecule has 0 aromatic carbocycles. The van der Waals surface area contributed by atoms with Crippen LogP contribution >= 0.6 is 0 Å². The molecule has 1 heterocycles. The fourth-order valence-corrected chi connectivity index (χ4v) is 7.88. The summed E-state index contributed by atoms with van der Waals surface area (Å²) in [6.07, 6.45) is -1.62. The van der Waals surface area contributed by atoms with Crippen molar-refractivity contribution < 1.29 is 33.0 Å². The highest BCUT2D eigenvalue weighted by molar-refractivity contribution is 6.74. The molecule has 3 aliphatic carbocycles. The molecule has 0 aromatic rings. The molecule has 0 bridgehead atoms. The van der Waals surface area contributed by atoms with E-state index < -0.39 is 61.6 Å². The Morgan fingerprint density at radius 3 is 2.35 bits per heavy atom. The van der Waals surface area contributed by atoms with Gasteiger partial charge in [-0.25, -0.2) is 0 Å². The molecule has 7 nitrogen and oxygen atoms in total. The Balaban J connectivity index is 1.85. The van der Waals surface area contributed by atoms with Crippen LogP contribution in [0.2, 0.25) is 18.1 Å². The van der Waals surface area contributed by atoms with E-state index in [0.717, 1.165) is 0 Å². The molecule has 1 aliphatic heterocycles. The van der Waals surface area contributed by atoms with Crippen LogP contribution in [0.5, 0.6) is 0 Å². The number of esters is 1. The van der Waals surface area contributed by atoms with E-state index >= 15 is 0 Å². The van der Waals surface area contributed by atoms with Crippen molar-refractivity contribution in [2.45, 2.75) is 97.1 Å². The zero-order valence-corrected chi connectivity index (χ0v) is 23.0. The highest BCUT2D eigenvalue weighted by Crippen LogP contribution is 2.64. The molecule has 1 unspecified atom stereocenters. The number of ketones is 2. The lowest BCUT2D eigenvalue weighted by atomic mass is 9.57. The fourth-order valence-electron chi connectivity index (χ4n) is 6.49. The first-order valence-electron chi connectivity index (χ1n) is 12.5. The summed E-state index contributed by atoms with van der Waals surface area (Å²) >= 11 is 0. The van der Waals surface area contributed by atoms with Crippen molar-refractivity contribution in [3.05, 3.63) is 12.2 Å². The van der Waals surface area contributed by atoms with Gasteiger partial charge in [-0.1, -0.05) is 39.8 Å². The maximum absolute atomic E-state index is 13.9. The maximum atomic E-state index is 13.9. The summed E-state index contributed by atoms with van der Waals surface area (Å²) in [5, 5.41) is -0.102. The Hall–Kier alpha value is -1.35. The number of ether oxygens (including phenoxy) is 3. The van der Waals surface area contributed by atoms with Crippen molar-refractivity contribution in [1.82, 2.24) is 0 Å². The van der Waals surface area contributed by atoms with Gasteiger partial charge in [-0.15, -0.1) is 0 Å². The van der Waals surface area contributed by atoms with Gasteiger partial charge in [0.2, 0.25) is 0 Å². The quantitative estimate of drug-likeness (QED) is 0.253. The summed E-state index contributed by atoms with van der Waals surface area (Å²) < 4.78 is 24.6. The van der Waals surface area contributed by atoms with E-state index in [-0.39, 0.29) is 35.6 Å². The van der Waals surface area contributed by atoms with Crippen LogP contribution in [0.3, 0.4) is 0 Å². The fraction of sp³-hybridized carbons (Fsp3) is 0.808.